The van der Waals surface area contributed by atoms with Crippen molar-refractivity contribution in [3.05, 3.63) is 66.7 Å². The van der Waals surface area contributed by atoms with Crippen molar-refractivity contribution in [1.82, 2.24) is 0 Å². The van der Waals surface area contributed by atoms with E-state index in [0.717, 1.165) is 0 Å². The number of ether oxygens (including phenoxy) is 2. The van der Waals surface area contributed by atoms with Crippen LogP contribution in [0.4, 0.5) is 11.4 Å². The number of hydrogen-bond acceptors (Lipinski definition) is 5. The fourth-order valence-corrected chi connectivity index (χ4v) is 5.23. The van der Waals surface area contributed by atoms with Gasteiger partial charge in [-0.25, -0.2) is 0 Å². The van der Waals surface area contributed by atoms with Crippen molar-refractivity contribution < 1.29 is 23.9 Å². The maximum absolute atomic E-state index is 13.5. The topological polar surface area (TPSA) is 76.2 Å². The smallest absolute Gasteiger partial charge is 0.258 e. The van der Waals surface area contributed by atoms with Crippen LogP contribution in [0.2, 0.25) is 0 Å². The molecule has 5 rings (SSSR count). The minimum atomic E-state index is -0.667. The van der Waals surface area contributed by atoms with Crippen LogP contribution in [0.1, 0.15) is 6.42 Å². The average molecular weight is 432 g/mol. The summed E-state index contributed by atoms with van der Waals surface area (Å²) in [6.45, 7) is 0. The zero-order chi connectivity index (χ0) is 22.4. The van der Waals surface area contributed by atoms with Gasteiger partial charge < -0.3 is 14.4 Å². The van der Waals surface area contributed by atoms with E-state index in [1.807, 2.05) is 42.5 Å². The van der Waals surface area contributed by atoms with Crippen LogP contribution in [0, 0.1) is 17.8 Å². The van der Waals surface area contributed by atoms with Crippen molar-refractivity contribution in [1.29, 1.82) is 0 Å². The zero-order valence-corrected chi connectivity index (χ0v) is 17.9. The van der Waals surface area contributed by atoms with E-state index in [9.17, 15) is 14.4 Å². The molecule has 0 radical (unpaired) electrons. The molecule has 1 aliphatic carbocycles. The fraction of sp³-hybridized carbons (Fsp3) is 0.320. The average Bonchev–Trinajstić information content (AvgIpc) is 3.09. The van der Waals surface area contributed by atoms with E-state index >= 15 is 0 Å². The number of amides is 3. The number of β-lactam (4-membered cyclic amide) rings is 1. The van der Waals surface area contributed by atoms with Gasteiger partial charge in [-0.15, -0.1) is 0 Å². The first-order valence-corrected chi connectivity index (χ1v) is 10.7. The summed E-state index contributed by atoms with van der Waals surface area (Å²) in [5, 5.41) is 0. The maximum Gasteiger partial charge on any atom is 0.258 e. The van der Waals surface area contributed by atoms with E-state index in [2.05, 4.69) is 0 Å². The van der Waals surface area contributed by atoms with Gasteiger partial charge in [-0.05, 0) is 42.8 Å². The third kappa shape index (κ3) is 2.96. The zero-order valence-electron chi connectivity index (χ0n) is 17.9. The molecule has 0 saturated carbocycles. The Morgan fingerprint density at radius 2 is 1.56 bits per heavy atom. The number of nitrogens with zero attached hydrogens (tertiary/aromatic N) is 2. The largest absolute Gasteiger partial charge is 0.497 e. The molecule has 3 aliphatic rings. The van der Waals surface area contributed by atoms with Crippen molar-refractivity contribution in [2.24, 2.45) is 17.8 Å². The number of methoxy groups -OCH3 is 2. The first-order chi connectivity index (χ1) is 15.6. The van der Waals surface area contributed by atoms with E-state index < -0.39 is 17.9 Å². The van der Waals surface area contributed by atoms with Crippen LogP contribution in [-0.2, 0) is 19.1 Å². The predicted molar refractivity (Wildman–Crippen MR) is 118 cm³/mol. The third-order valence-electron chi connectivity index (χ3n) is 6.74. The van der Waals surface area contributed by atoms with Gasteiger partial charge in [-0.2, -0.15) is 0 Å². The summed E-state index contributed by atoms with van der Waals surface area (Å²) in [6.07, 6.45) is 3.77. The van der Waals surface area contributed by atoms with Crippen LogP contribution < -0.4 is 14.5 Å². The highest BCUT2D eigenvalue weighted by Gasteiger charge is 2.60. The lowest BCUT2D eigenvalue weighted by Gasteiger charge is -2.51. The Bertz CT molecular complexity index is 1080. The molecule has 164 valence electrons. The Balaban J connectivity index is 1.50. The number of allylic oxidation sites excluding steroid dienone is 1. The molecular weight excluding hydrogens is 408 g/mol. The third-order valence-corrected chi connectivity index (χ3v) is 6.74. The monoisotopic (exact) mass is 432 g/mol. The van der Waals surface area contributed by atoms with Gasteiger partial charge >= 0.3 is 0 Å². The van der Waals surface area contributed by atoms with Crippen molar-refractivity contribution in [3.63, 3.8) is 0 Å². The highest BCUT2D eigenvalue weighted by Crippen LogP contribution is 2.47. The summed E-state index contributed by atoms with van der Waals surface area (Å²) in [5.41, 5.74) is 1.29. The lowest BCUT2D eigenvalue weighted by atomic mass is 9.69. The van der Waals surface area contributed by atoms with Gasteiger partial charge in [0.1, 0.15) is 5.75 Å². The van der Waals surface area contributed by atoms with Crippen LogP contribution in [0.5, 0.6) is 5.75 Å². The summed E-state index contributed by atoms with van der Waals surface area (Å²) < 4.78 is 10.7. The number of anilines is 2. The second kappa shape index (κ2) is 7.91. The van der Waals surface area contributed by atoms with Gasteiger partial charge in [0.05, 0.1) is 30.7 Å². The van der Waals surface area contributed by atoms with Crippen molar-refractivity contribution >= 4 is 29.1 Å². The molecule has 0 bridgehead atoms. The van der Waals surface area contributed by atoms with E-state index in [-0.39, 0.29) is 29.7 Å². The van der Waals surface area contributed by atoms with Crippen molar-refractivity contribution in [2.75, 3.05) is 24.0 Å². The molecule has 3 amide bonds. The van der Waals surface area contributed by atoms with E-state index in [4.69, 9.17) is 9.47 Å². The normalized spacial score (nSPS) is 29.2. The van der Waals surface area contributed by atoms with Crippen LogP contribution >= 0.6 is 0 Å². The van der Waals surface area contributed by atoms with Gasteiger partial charge in [0, 0.05) is 18.7 Å². The molecule has 2 saturated heterocycles. The number of imide groups is 1. The quantitative estimate of drug-likeness (QED) is 0.413. The van der Waals surface area contributed by atoms with Gasteiger partial charge in [0.15, 0.2) is 6.10 Å². The molecule has 7 heteroatoms. The van der Waals surface area contributed by atoms with E-state index in [1.165, 1.54) is 12.0 Å². The number of hydrogen-bond donors (Lipinski definition) is 0. The highest BCUT2D eigenvalue weighted by molar-refractivity contribution is 6.22. The van der Waals surface area contributed by atoms with Crippen LogP contribution in [0.3, 0.4) is 0 Å². The maximum atomic E-state index is 13.5. The number of carbonyl (C=O) groups excluding carboxylic acids is 3. The van der Waals surface area contributed by atoms with Gasteiger partial charge in [-0.1, -0.05) is 30.4 Å². The first kappa shape index (κ1) is 20.5. The fourth-order valence-electron chi connectivity index (χ4n) is 5.23. The molecule has 0 spiro atoms. The summed E-state index contributed by atoms with van der Waals surface area (Å²) in [5.74, 6) is -1.18. The second-order valence-corrected chi connectivity index (χ2v) is 8.27. The van der Waals surface area contributed by atoms with E-state index in [0.29, 0.717) is 23.5 Å². The Kier molecular flexibility index (Phi) is 5.06. The Hall–Kier alpha value is -3.45. The molecule has 2 fully saturated rings. The predicted octanol–water partition coefficient (Wildman–Crippen LogP) is 2.81. The molecule has 5 atom stereocenters. The first-order valence-electron chi connectivity index (χ1n) is 10.7. The minimum Gasteiger partial charge on any atom is -0.497 e. The summed E-state index contributed by atoms with van der Waals surface area (Å²) in [4.78, 5) is 42.6. The number of fused-ring (bicyclic) bond motifs is 1. The lowest BCUT2D eigenvalue weighted by Crippen LogP contribution is -2.69. The second-order valence-electron chi connectivity index (χ2n) is 8.27. The minimum absolute atomic E-state index is 0.158. The molecule has 0 aromatic heterocycles. The summed E-state index contributed by atoms with van der Waals surface area (Å²) in [7, 11) is 3.09. The highest BCUT2D eigenvalue weighted by atomic mass is 16.5. The molecule has 2 aromatic carbocycles. The van der Waals surface area contributed by atoms with Gasteiger partial charge in [0.25, 0.3) is 5.91 Å². The van der Waals surface area contributed by atoms with Crippen LogP contribution in [0.25, 0.3) is 0 Å². The standard InChI is InChI=1S/C25H24N2O5/c1-31-17-13-11-16(12-14-17)26-21(22(32-2)25(26)30)18-9-6-10-19-20(18)24(29)27(23(19)28)15-7-4-3-5-8-15/h3-9,11-14,18-22H,10H2,1-2H3/t18-,19-,20+,21-,22+/m0/s1. The Morgan fingerprint density at radius 3 is 2.22 bits per heavy atom. The molecule has 2 aliphatic heterocycles. The molecule has 0 N–H and O–H groups in total. The Labute approximate surface area is 186 Å². The van der Waals surface area contributed by atoms with Crippen molar-refractivity contribution in [2.45, 2.75) is 18.6 Å². The summed E-state index contributed by atoms with van der Waals surface area (Å²) >= 11 is 0. The Morgan fingerprint density at radius 1 is 0.844 bits per heavy atom. The van der Waals surface area contributed by atoms with E-state index in [1.54, 1.807) is 36.3 Å². The van der Waals surface area contributed by atoms with Crippen LogP contribution in [-0.4, -0.2) is 44.1 Å². The lowest BCUT2D eigenvalue weighted by molar-refractivity contribution is -0.143. The van der Waals surface area contributed by atoms with Gasteiger partial charge in [-0.3, -0.25) is 19.3 Å². The van der Waals surface area contributed by atoms with Gasteiger partial charge in [0.2, 0.25) is 11.8 Å². The SMILES string of the molecule is COc1ccc(N2C(=O)[C@H](OC)[C@@H]2[C@H]2C=CC[C@@H]3C(=O)N(c4ccccc4)C(=O)[C@H]23)cc1. The molecule has 0 unspecified atom stereocenters. The molecule has 7 nitrogen and oxygen atoms in total. The molecule has 2 aromatic rings. The number of rotatable bonds is 5. The number of carbonyl (C=O) groups is 3. The number of benzene rings is 2. The number of para-hydroxylation sites is 1. The van der Waals surface area contributed by atoms with Crippen LogP contribution in [0.15, 0.2) is 66.7 Å². The molecule has 32 heavy (non-hydrogen) atoms. The molecule has 2 heterocycles. The molecular formula is C25H24N2O5. The summed E-state index contributed by atoms with van der Waals surface area (Å²) in [6, 6.07) is 15.8. The van der Waals surface area contributed by atoms with Crippen molar-refractivity contribution in [3.8, 4) is 5.75 Å².